The Morgan fingerprint density at radius 1 is 0.939 bits per heavy atom. The zero-order valence-corrected chi connectivity index (χ0v) is 19.8. The summed E-state index contributed by atoms with van der Waals surface area (Å²) in [5.41, 5.74) is 2.90. The Balaban J connectivity index is 1.93. The van der Waals surface area contributed by atoms with Gasteiger partial charge in [0.05, 0.1) is 18.1 Å². The second kappa shape index (κ2) is 11.9. The van der Waals surface area contributed by atoms with Gasteiger partial charge in [0, 0.05) is 18.7 Å². The Morgan fingerprint density at radius 3 is 2.06 bits per heavy atom. The number of hydrogen-bond acceptors (Lipinski definition) is 4. The summed E-state index contributed by atoms with van der Waals surface area (Å²) < 4.78 is 5.69. The number of aliphatic carboxylic acids is 1. The molecule has 0 aromatic heterocycles. The Labute approximate surface area is 194 Å². The number of rotatable bonds is 10. The Bertz CT molecular complexity index is 952. The molecule has 0 fully saturated rings. The molecule has 0 aliphatic carbocycles. The normalized spacial score (nSPS) is 12.5. The summed E-state index contributed by atoms with van der Waals surface area (Å²) in [5, 5.41) is 17.6. The summed E-state index contributed by atoms with van der Waals surface area (Å²) in [4.78, 5) is 36.6. The number of amides is 3. The first-order valence-corrected chi connectivity index (χ1v) is 11.0. The average Bonchev–Trinajstić information content (AvgIpc) is 2.73. The molecule has 2 aromatic rings. The molecule has 8 heteroatoms. The highest BCUT2D eigenvalue weighted by Crippen LogP contribution is 2.23. The van der Waals surface area contributed by atoms with Gasteiger partial charge in [0.25, 0.3) is 5.91 Å². The van der Waals surface area contributed by atoms with Gasteiger partial charge in [-0.05, 0) is 63.4 Å². The molecule has 3 amide bonds. The highest BCUT2D eigenvalue weighted by Gasteiger charge is 2.22. The third-order valence-corrected chi connectivity index (χ3v) is 5.12. The van der Waals surface area contributed by atoms with E-state index in [1.54, 1.807) is 12.1 Å². The standard InChI is InChI=1S/C25H33N3O5/c1-15(2)33-21-11-16(3)22(17(4)12-21)23(29)26-13-20(24(30)31)14-27-25(32)28-18(5)19-9-7-6-8-10-19/h6-12,15,18,20H,13-14H2,1-5H3,(H,26,29)(H,30,31)(H2,27,28,32)/t18-,20-/m0/s1. The second-order valence-corrected chi connectivity index (χ2v) is 8.33. The molecule has 178 valence electrons. The maximum Gasteiger partial charge on any atom is 0.315 e. The molecule has 4 N–H and O–H groups in total. The summed E-state index contributed by atoms with van der Waals surface area (Å²) in [6, 6.07) is 12.3. The predicted molar refractivity (Wildman–Crippen MR) is 127 cm³/mol. The van der Waals surface area contributed by atoms with Crippen molar-refractivity contribution in [3.63, 3.8) is 0 Å². The molecule has 0 saturated carbocycles. The molecule has 0 unspecified atom stereocenters. The van der Waals surface area contributed by atoms with Crippen molar-refractivity contribution in [2.24, 2.45) is 5.92 Å². The third kappa shape index (κ3) is 7.82. The fraction of sp³-hybridized carbons (Fsp3) is 0.400. The first-order valence-electron chi connectivity index (χ1n) is 11.0. The van der Waals surface area contributed by atoms with Gasteiger partial charge in [-0.1, -0.05) is 30.3 Å². The van der Waals surface area contributed by atoms with E-state index in [0.29, 0.717) is 11.3 Å². The van der Waals surface area contributed by atoms with Gasteiger partial charge >= 0.3 is 12.0 Å². The fourth-order valence-electron chi connectivity index (χ4n) is 3.46. The summed E-state index contributed by atoms with van der Waals surface area (Å²) in [6.45, 7) is 9.06. The van der Waals surface area contributed by atoms with Gasteiger partial charge in [-0.25, -0.2) is 4.79 Å². The van der Waals surface area contributed by atoms with Crippen LogP contribution in [0, 0.1) is 19.8 Å². The monoisotopic (exact) mass is 455 g/mol. The van der Waals surface area contributed by atoms with E-state index in [-0.39, 0.29) is 31.1 Å². The van der Waals surface area contributed by atoms with Gasteiger partial charge in [0.15, 0.2) is 0 Å². The summed E-state index contributed by atoms with van der Waals surface area (Å²) in [5.74, 6) is -1.77. The van der Waals surface area contributed by atoms with Crippen LogP contribution in [-0.2, 0) is 4.79 Å². The minimum absolute atomic E-state index is 0.0141. The van der Waals surface area contributed by atoms with Crippen molar-refractivity contribution in [3.05, 3.63) is 64.7 Å². The van der Waals surface area contributed by atoms with Crippen LogP contribution in [0.5, 0.6) is 5.75 Å². The number of nitrogens with one attached hydrogen (secondary N) is 3. The van der Waals surface area contributed by atoms with Crippen LogP contribution in [0.25, 0.3) is 0 Å². The lowest BCUT2D eigenvalue weighted by atomic mass is 10.0. The van der Waals surface area contributed by atoms with Crippen LogP contribution < -0.4 is 20.7 Å². The summed E-state index contributed by atoms with van der Waals surface area (Å²) in [6.07, 6.45) is 0.0141. The van der Waals surface area contributed by atoms with Crippen LogP contribution in [0.1, 0.15) is 53.9 Å². The van der Waals surface area contributed by atoms with Crippen LogP contribution in [0.15, 0.2) is 42.5 Å². The number of carboxylic acid groups (broad SMARTS) is 1. The van der Waals surface area contributed by atoms with E-state index < -0.39 is 17.9 Å². The molecule has 0 aliphatic rings. The number of hydrogen-bond donors (Lipinski definition) is 4. The first kappa shape index (κ1) is 25.7. The molecule has 33 heavy (non-hydrogen) atoms. The average molecular weight is 456 g/mol. The molecule has 2 aromatic carbocycles. The van der Waals surface area contributed by atoms with E-state index in [4.69, 9.17) is 4.74 Å². The molecule has 0 spiro atoms. The molecule has 2 atom stereocenters. The number of aryl methyl sites for hydroxylation is 2. The number of carboxylic acids is 1. The van der Waals surface area contributed by atoms with Crippen LogP contribution in [-0.4, -0.2) is 42.2 Å². The van der Waals surface area contributed by atoms with Crippen LogP contribution in [0.2, 0.25) is 0 Å². The zero-order chi connectivity index (χ0) is 24.5. The Hall–Kier alpha value is -3.55. The molecule has 2 rings (SSSR count). The number of benzene rings is 2. The van der Waals surface area contributed by atoms with Gasteiger partial charge in [-0.15, -0.1) is 0 Å². The van der Waals surface area contributed by atoms with Crippen LogP contribution >= 0.6 is 0 Å². The largest absolute Gasteiger partial charge is 0.491 e. The van der Waals surface area contributed by atoms with Crippen molar-refractivity contribution in [2.75, 3.05) is 13.1 Å². The van der Waals surface area contributed by atoms with E-state index in [9.17, 15) is 19.5 Å². The minimum Gasteiger partial charge on any atom is -0.491 e. The number of carbonyl (C=O) groups is 3. The molecular formula is C25H33N3O5. The Kier molecular flexibility index (Phi) is 9.27. The van der Waals surface area contributed by atoms with Crippen molar-refractivity contribution in [3.8, 4) is 5.75 Å². The van der Waals surface area contributed by atoms with Gasteiger partial charge in [0.1, 0.15) is 5.75 Å². The Morgan fingerprint density at radius 2 is 1.52 bits per heavy atom. The summed E-state index contributed by atoms with van der Waals surface area (Å²) in [7, 11) is 0. The number of urea groups is 1. The molecule has 0 bridgehead atoms. The molecule has 0 saturated heterocycles. The van der Waals surface area contributed by atoms with E-state index in [1.165, 1.54) is 0 Å². The molecular weight excluding hydrogens is 422 g/mol. The lowest BCUT2D eigenvalue weighted by molar-refractivity contribution is -0.141. The lowest BCUT2D eigenvalue weighted by Gasteiger charge is -2.19. The fourth-order valence-corrected chi connectivity index (χ4v) is 3.46. The highest BCUT2D eigenvalue weighted by molar-refractivity contribution is 5.97. The summed E-state index contributed by atoms with van der Waals surface area (Å²) >= 11 is 0. The van der Waals surface area contributed by atoms with E-state index in [0.717, 1.165) is 16.7 Å². The smallest absolute Gasteiger partial charge is 0.315 e. The SMILES string of the molecule is Cc1cc(OC(C)C)cc(C)c1C(=O)NC[C@@H](CNC(=O)N[C@@H](C)c1ccccc1)C(=O)O. The van der Waals surface area contributed by atoms with Gasteiger partial charge in [-0.2, -0.15) is 0 Å². The van der Waals surface area contributed by atoms with Gasteiger partial charge < -0.3 is 25.8 Å². The maximum absolute atomic E-state index is 12.7. The van der Waals surface area contributed by atoms with Crippen molar-refractivity contribution in [1.82, 2.24) is 16.0 Å². The number of ether oxygens (including phenoxy) is 1. The molecule has 0 radical (unpaired) electrons. The third-order valence-electron chi connectivity index (χ3n) is 5.12. The topological polar surface area (TPSA) is 117 Å². The maximum atomic E-state index is 12.7. The number of carbonyl (C=O) groups excluding carboxylic acids is 2. The first-order chi connectivity index (χ1) is 15.6. The van der Waals surface area contributed by atoms with Crippen molar-refractivity contribution in [2.45, 2.75) is 46.8 Å². The predicted octanol–water partition coefficient (Wildman–Crippen LogP) is 3.58. The quantitative estimate of drug-likeness (QED) is 0.437. The van der Waals surface area contributed by atoms with Crippen molar-refractivity contribution < 1.29 is 24.2 Å². The van der Waals surface area contributed by atoms with E-state index >= 15 is 0 Å². The molecule has 8 nitrogen and oxygen atoms in total. The minimum atomic E-state index is -1.11. The van der Waals surface area contributed by atoms with Gasteiger partial charge in [-0.3, -0.25) is 9.59 Å². The van der Waals surface area contributed by atoms with Crippen LogP contribution in [0.3, 0.4) is 0 Å². The molecule has 0 heterocycles. The highest BCUT2D eigenvalue weighted by atomic mass is 16.5. The van der Waals surface area contributed by atoms with Crippen molar-refractivity contribution >= 4 is 17.9 Å². The van der Waals surface area contributed by atoms with Crippen LogP contribution in [0.4, 0.5) is 4.79 Å². The van der Waals surface area contributed by atoms with E-state index in [1.807, 2.05) is 65.0 Å². The zero-order valence-electron chi connectivity index (χ0n) is 19.8. The lowest BCUT2D eigenvalue weighted by Crippen LogP contribution is -2.44. The van der Waals surface area contributed by atoms with E-state index in [2.05, 4.69) is 16.0 Å². The van der Waals surface area contributed by atoms with Gasteiger partial charge in [0.2, 0.25) is 0 Å². The second-order valence-electron chi connectivity index (χ2n) is 8.33. The van der Waals surface area contributed by atoms with Crippen molar-refractivity contribution in [1.29, 1.82) is 0 Å². The molecule has 0 aliphatic heterocycles.